The van der Waals surface area contributed by atoms with Gasteiger partial charge in [0.15, 0.2) is 0 Å². The first kappa shape index (κ1) is 15.5. The molecule has 0 aromatic heterocycles. The monoisotopic (exact) mass is 281 g/mol. The quantitative estimate of drug-likeness (QED) is 0.906. The molecule has 1 atom stereocenters. The first-order valence-electron chi connectivity index (χ1n) is 7.20. The standard InChI is InChI=1S/C19H23NO/c1-19(21,17-12-8-5-9-13-17)18(14-15-20(2)3)16-10-6-4-7-11-16/h4-14,21H,15H2,1-3H3. The van der Waals surface area contributed by atoms with Crippen LogP contribution in [-0.4, -0.2) is 30.6 Å². The highest BCUT2D eigenvalue weighted by Crippen LogP contribution is 2.35. The molecule has 0 bridgehead atoms. The number of hydrogen-bond acceptors (Lipinski definition) is 2. The lowest BCUT2D eigenvalue weighted by atomic mass is 9.83. The van der Waals surface area contributed by atoms with E-state index in [1.54, 1.807) is 0 Å². The van der Waals surface area contributed by atoms with Crippen LogP contribution < -0.4 is 0 Å². The predicted octanol–water partition coefficient (Wildman–Crippen LogP) is 3.54. The highest BCUT2D eigenvalue weighted by molar-refractivity contribution is 5.73. The number of rotatable bonds is 5. The summed E-state index contributed by atoms with van der Waals surface area (Å²) in [5.74, 6) is 0. The van der Waals surface area contributed by atoms with Gasteiger partial charge in [0.25, 0.3) is 0 Å². The van der Waals surface area contributed by atoms with E-state index >= 15 is 0 Å². The normalized spacial score (nSPS) is 15.0. The Labute approximate surface area is 127 Å². The van der Waals surface area contributed by atoms with Crippen LogP contribution in [0.3, 0.4) is 0 Å². The average molecular weight is 281 g/mol. The minimum absolute atomic E-state index is 0.785. The Balaban J connectivity index is 2.47. The Morgan fingerprint density at radius 2 is 1.52 bits per heavy atom. The van der Waals surface area contributed by atoms with Crippen molar-refractivity contribution >= 4 is 5.57 Å². The van der Waals surface area contributed by atoms with Crippen LogP contribution in [0.15, 0.2) is 66.7 Å². The van der Waals surface area contributed by atoms with Crippen molar-refractivity contribution in [1.82, 2.24) is 4.90 Å². The molecule has 1 unspecified atom stereocenters. The van der Waals surface area contributed by atoms with E-state index in [0.717, 1.165) is 23.2 Å². The van der Waals surface area contributed by atoms with E-state index in [4.69, 9.17) is 0 Å². The van der Waals surface area contributed by atoms with Gasteiger partial charge in [0.2, 0.25) is 0 Å². The van der Waals surface area contributed by atoms with Crippen LogP contribution in [0, 0.1) is 0 Å². The van der Waals surface area contributed by atoms with Crippen molar-refractivity contribution in [3.05, 3.63) is 77.9 Å². The van der Waals surface area contributed by atoms with Crippen molar-refractivity contribution in [2.24, 2.45) is 0 Å². The van der Waals surface area contributed by atoms with Crippen LogP contribution in [0.5, 0.6) is 0 Å². The summed E-state index contributed by atoms with van der Waals surface area (Å²) >= 11 is 0. The largest absolute Gasteiger partial charge is 0.381 e. The SMILES string of the molecule is CN(C)CC=C(c1ccccc1)C(C)(O)c1ccccc1. The first-order valence-corrected chi connectivity index (χ1v) is 7.20. The summed E-state index contributed by atoms with van der Waals surface area (Å²) in [5.41, 5.74) is 1.87. The zero-order valence-corrected chi connectivity index (χ0v) is 13.0. The molecular formula is C19H23NO. The van der Waals surface area contributed by atoms with Crippen molar-refractivity contribution in [2.75, 3.05) is 20.6 Å². The smallest absolute Gasteiger partial charge is 0.112 e. The van der Waals surface area contributed by atoms with Gasteiger partial charge in [-0.05, 0) is 37.7 Å². The molecule has 0 radical (unpaired) electrons. The van der Waals surface area contributed by atoms with Crippen molar-refractivity contribution in [2.45, 2.75) is 12.5 Å². The summed E-state index contributed by atoms with van der Waals surface area (Å²) in [5, 5.41) is 11.1. The second-order valence-electron chi connectivity index (χ2n) is 5.68. The van der Waals surface area contributed by atoms with Crippen LogP contribution in [0.2, 0.25) is 0 Å². The lowest BCUT2D eigenvalue weighted by molar-refractivity contribution is 0.122. The average Bonchev–Trinajstić information content (AvgIpc) is 2.49. The van der Waals surface area contributed by atoms with Crippen LogP contribution in [0.25, 0.3) is 5.57 Å². The molecule has 2 aromatic rings. The lowest BCUT2D eigenvalue weighted by Crippen LogP contribution is -2.24. The molecule has 2 rings (SSSR count). The van der Waals surface area contributed by atoms with Gasteiger partial charge in [-0.1, -0.05) is 66.7 Å². The van der Waals surface area contributed by atoms with Crippen LogP contribution in [-0.2, 0) is 5.60 Å². The van der Waals surface area contributed by atoms with Crippen molar-refractivity contribution in [1.29, 1.82) is 0 Å². The van der Waals surface area contributed by atoms with E-state index < -0.39 is 5.60 Å². The van der Waals surface area contributed by atoms with E-state index in [9.17, 15) is 5.11 Å². The highest BCUT2D eigenvalue weighted by atomic mass is 16.3. The molecule has 2 heteroatoms. The second-order valence-corrected chi connectivity index (χ2v) is 5.68. The van der Waals surface area contributed by atoms with E-state index in [0.29, 0.717) is 0 Å². The molecule has 0 aliphatic carbocycles. The Hall–Kier alpha value is -1.90. The van der Waals surface area contributed by atoms with E-state index in [-0.39, 0.29) is 0 Å². The molecule has 0 aliphatic heterocycles. The molecule has 0 aliphatic rings. The highest BCUT2D eigenvalue weighted by Gasteiger charge is 2.28. The van der Waals surface area contributed by atoms with Crippen LogP contribution in [0.4, 0.5) is 0 Å². The van der Waals surface area contributed by atoms with Gasteiger partial charge in [-0.25, -0.2) is 0 Å². The fourth-order valence-corrected chi connectivity index (χ4v) is 2.41. The molecule has 0 saturated carbocycles. The van der Waals surface area contributed by atoms with Gasteiger partial charge in [0.1, 0.15) is 5.60 Å². The van der Waals surface area contributed by atoms with Gasteiger partial charge in [0.05, 0.1) is 0 Å². The Kier molecular flexibility index (Phi) is 4.94. The molecule has 0 saturated heterocycles. The van der Waals surface area contributed by atoms with Gasteiger partial charge in [-0.15, -0.1) is 0 Å². The number of nitrogens with zero attached hydrogens (tertiary/aromatic N) is 1. The van der Waals surface area contributed by atoms with Crippen LogP contribution in [0.1, 0.15) is 18.1 Å². The van der Waals surface area contributed by atoms with Gasteiger partial charge in [-0.3, -0.25) is 0 Å². The molecule has 2 nitrogen and oxygen atoms in total. The molecule has 0 amide bonds. The minimum atomic E-state index is -1.02. The summed E-state index contributed by atoms with van der Waals surface area (Å²) in [7, 11) is 4.05. The third-order valence-corrected chi connectivity index (χ3v) is 3.61. The molecule has 110 valence electrons. The Bertz CT molecular complexity index is 585. The number of aliphatic hydroxyl groups is 1. The van der Waals surface area contributed by atoms with E-state index in [1.807, 2.05) is 81.7 Å². The molecular weight excluding hydrogens is 258 g/mol. The van der Waals surface area contributed by atoms with Crippen LogP contribution >= 0.6 is 0 Å². The molecule has 2 aromatic carbocycles. The van der Waals surface area contributed by atoms with Gasteiger partial charge >= 0.3 is 0 Å². The minimum Gasteiger partial charge on any atom is -0.381 e. The summed E-state index contributed by atoms with van der Waals surface area (Å²) in [6.45, 7) is 2.64. The first-order chi connectivity index (χ1) is 10.0. The summed E-state index contributed by atoms with van der Waals surface area (Å²) in [6, 6.07) is 19.9. The summed E-state index contributed by atoms with van der Waals surface area (Å²) in [4.78, 5) is 2.09. The molecule has 21 heavy (non-hydrogen) atoms. The maximum absolute atomic E-state index is 11.1. The predicted molar refractivity (Wildman–Crippen MR) is 89.0 cm³/mol. The Morgan fingerprint density at radius 1 is 1.00 bits per heavy atom. The maximum Gasteiger partial charge on any atom is 0.112 e. The van der Waals surface area contributed by atoms with Crippen molar-refractivity contribution < 1.29 is 5.11 Å². The zero-order valence-electron chi connectivity index (χ0n) is 13.0. The maximum atomic E-state index is 11.1. The van der Waals surface area contributed by atoms with Crippen molar-refractivity contribution in [3.63, 3.8) is 0 Å². The number of benzene rings is 2. The lowest BCUT2D eigenvalue weighted by Gasteiger charge is -2.28. The Morgan fingerprint density at radius 3 is 2.05 bits per heavy atom. The third kappa shape index (κ3) is 3.81. The molecule has 0 fully saturated rings. The third-order valence-electron chi connectivity index (χ3n) is 3.61. The molecule has 0 spiro atoms. The molecule has 0 heterocycles. The fraction of sp³-hybridized carbons (Fsp3) is 0.263. The topological polar surface area (TPSA) is 23.5 Å². The van der Waals surface area contributed by atoms with E-state index in [2.05, 4.69) is 11.0 Å². The summed E-state index contributed by atoms with van der Waals surface area (Å²) in [6.07, 6.45) is 2.10. The van der Waals surface area contributed by atoms with Gasteiger partial charge < -0.3 is 10.0 Å². The fourth-order valence-electron chi connectivity index (χ4n) is 2.41. The van der Waals surface area contributed by atoms with Gasteiger partial charge in [0, 0.05) is 6.54 Å². The zero-order chi connectivity index (χ0) is 15.3. The van der Waals surface area contributed by atoms with Gasteiger partial charge in [-0.2, -0.15) is 0 Å². The summed E-state index contributed by atoms with van der Waals surface area (Å²) < 4.78 is 0. The van der Waals surface area contributed by atoms with Crippen molar-refractivity contribution in [3.8, 4) is 0 Å². The number of likely N-dealkylation sites (N-methyl/N-ethyl adjacent to an activating group) is 1. The number of hydrogen-bond donors (Lipinski definition) is 1. The molecule has 1 N–H and O–H groups in total. The van der Waals surface area contributed by atoms with E-state index in [1.165, 1.54) is 0 Å². The second kappa shape index (κ2) is 6.70.